The van der Waals surface area contributed by atoms with Gasteiger partial charge in [-0.1, -0.05) is 53.2 Å². The number of hydrogen-bond donors (Lipinski definition) is 2. The number of nitrogens with two attached hydrogens (primary N) is 1. The molecule has 2 aromatic heterocycles. The monoisotopic (exact) mass is 433 g/mol. The van der Waals surface area contributed by atoms with E-state index >= 15 is 0 Å². The summed E-state index contributed by atoms with van der Waals surface area (Å²) in [5.74, 6) is 0.615. The van der Waals surface area contributed by atoms with Crippen LogP contribution in [-0.2, 0) is 6.42 Å². The fourth-order valence-electron chi connectivity index (χ4n) is 4.09. The zero-order valence-electron chi connectivity index (χ0n) is 16.6. The zero-order chi connectivity index (χ0) is 21.4. The molecule has 5 rings (SSSR count). The van der Waals surface area contributed by atoms with Gasteiger partial charge in [0, 0.05) is 10.6 Å². The van der Waals surface area contributed by atoms with Gasteiger partial charge in [-0.15, -0.1) is 0 Å². The van der Waals surface area contributed by atoms with E-state index in [4.69, 9.17) is 26.3 Å². The SMILES string of the molecule is Nc1onc(-c2ccc(-c3cccc(Cl)c3)o2)c1C(=O)NC1CCCc2ccccc21. The number of halogens is 1. The number of carbonyl (C=O) groups excluding carboxylic acids is 1. The van der Waals surface area contributed by atoms with Crippen molar-refractivity contribution in [2.24, 2.45) is 0 Å². The van der Waals surface area contributed by atoms with Crippen LogP contribution in [0.15, 0.2) is 69.6 Å². The summed E-state index contributed by atoms with van der Waals surface area (Å²) in [5, 5.41) is 7.69. The Morgan fingerprint density at radius 2 is 1.94 bits per heavy atom. The van der Waals surface area contributed by atoms with Gasteiger partial charge in [-0.05, 0) is 54.7 Å². The Morgan fingerprint density at radius 1 is 1.10 bits per heavy atom. The van der Waals surface area contributed by atoms with Gasteiger partial charge in [0.05, 0.1) is 6.04 Å². The predicted octanol–water partition coefficient (Wildman–Crippen LogP) is 5.64. The summed E-state index contributed by atoms with van der Waals surface area (Å²) in [6, 6.07) is 18.9. The topological polar surface area (TPSA) is 94.3 Å². The van der Waals surface area contributed by atoms with Gasteiger partial charge in [-0.2, -0.15) is 0 Å². The summed E-state index contributed by atoms with van der Waals surface area (Å²) in [4.78, 5) is 13.2. The minimum Gasteiger partial charge on any atom is -0.454 e. The van der Waals surface area contributed by atoms with Crippen LogP contribution < -0.4 is 11.1 Å². The molecule has 2 heterocycles. The Hall–Kier alpha value is -3.51. The molecule has 0 bridgehead atoms. The molecule has 0 aliphatic heterocycles. The summed E-state index contributed by atoms with van der Waals surface area (Å²) < 4.78 is 11.1. The number of nitrogens with one attached hydrogen (secondary N) is 1. The average Bonchev–Trinajstić information content (AvgIpc) is 3.41. The first-order valence-electron chi connectivity index (χ1n) is 10.1. The van der Waals surface area contributed by atoms with Gasteiger partial charge in [0.2, 0.25) is 5.88 Å². The van der Waals surface area contributed by atoms with Crippen molar-refractivity contribution in [3.63, 3.8) is 0 Å². The van der Waals surface area contributed by atoms with Crippen LogP contribution >= 0.6 is 11.6 Å². The summed E-state index contributed by atoms with van der Waals surface area (Å²) in [6.07, 6.45) is 2.89. The third-order valence-corrected chi connectivity index (χ3v) is 5.80. The molecule has 6 nitrogen and oxygen atoms in total. The number of anilines is 1. The van der Waals surface area contributed by atoms with Gasteiger partial charge in [-0.25, -0.2) is 0 Å². The van der Waals surface area contributed by atoms with Gasteiger partial charge in [0.1, 0.15) is 11.3 Å². The molecule has 1 unspecified atom stereocenters. The van der Waals surface area contributed by atoms with Gasteiger partial charge in [-0.3, -0.25) is 4.79 Å². The first kappa shape index (κ1) is 19.5. The van der Waals surface area contributed by atoms with Crippen LogP contribution in [0, 0.1) is 0 Å². The fraction of sp³-hybridized carbons (Fsp3) is 0.167. The molecule has 1 aliphatic carbocycles. The molecule has 3 N–H and O–H groups in total. The van der Waals surface area contributed by atoms with Gasteiger partial charge in [0.15, 0.2) is 11.5 Å². The molecule has 1 atom stereocenters. The minimum atomic E-state index is -0.337. The highest BCUT2D eigenvalue weighted by Gasteiger charge is 2.28. The van der Waals surface area contributed by atoms with E-state index in [-0.39, 0.29) is 29.1 Å². The molecule has 0 spiro atoms. The quantitative estimate of drug-likeness (QED) is 0.434. The number of aromatic nitrogens is 1. The second-order valence-electron chi connectivity index (χ2n) is 7.56. The number of aryl methyl sites for hydroxylation is 1. The summed E-state index contributed by atoms with van der Waals surface area (Å²) in [7, 11) is 0. The molecule has 156 valence electrons. The number of furan rings is 1. The van der Waals surface area contributed by atoms with E-state index in [1.807, 2.05) is 24.3 Å². The number of amides is 1. The van der Waals surface area contributed by atoms with E-state index in [2.05, 4.69) is 22.6 Å². The van der Waals surface area contributed by atoms with Gasteiger partial charge in [0.25, 0.3) is 5.91 Å². The van der Waals surface area contributed by atoms with Crippen LogP contribution in [0.1, 0.15) is 40.4 Å². The van der Waals surface area contributed by atoms with E-state index in [1.54, 1.807) is 24.3 Å². The standard InChI is InChI=1S/C24H20ClN3O3/c25-16-8-3-7-15(13-16)19-11-12-20(30-19)22-21(23(26)31-28-22)24(29)27-18-10-4-6-14-5-1-2-9-17(14)18/h1-3,5,7-9,11-13,18H,4,6,10,26H2,(H,27,29). The van der Waals surface area contributed by atoms with E-state index in [0.717, 1.165) is 30.4 Å². The third kappa shape index (κ3) is 3.70. The van der Waals surface area contributed by atoms with Crippen molar-refractivity contribution in [3.8, 4) is 22.8 Å². The Labute approximate surface area is 184 Å². The molecule has 0 fully saturated rings. The third-order valence-electron chi connectivity index (χ3n) is 5.57. The van der Waals surface area contributed by atoms with Crippen LogP contribution in [0.2, 0.25) is 5.02 Å². The number of rotatable bonds is 4. The molecule has 1 amide bonds. The van der Waals surface area contributed by atoms with Crippen LogP contribution in [0.3, 0.4) is 0 Å². The van der Waals surface area contributed by atoms with Crippen molar-refractivity contribution in [2.45, 2.75) is 25.3 Å². The minimum absolute atomic E-state index is 0.0442. The molecular formula is C24H20ClN3O3. The highest BCUT2D eigenvalue weighted by Crippen LogP contribution is 2.34. The number of hydrogen-bond acceptors (Lipinski definition) is 5. The zero-order valence-corrected chi connectivity index (χ0v) is 17.4. The largest absolute Gasteiger partial charge is 0.454 e. The molecular weight excluding hydrogens is 414 g/mol. The number of carbonyl (C=O) groups is 1. The fourth-order valence-corrected chi connectivity index (χ4v) is 4.28. The Balaban J connectivity index is 1.44. The van der Waals surface area contributed by atoms with Gasteiger partial charge < -0.3 is 20.0 Å². The molecule has 2 aromatic carbocycles. The lowest BCUT2D eigenvalue weighted by atomic mass is 9.87. The van der Waals surface area contributed by atoms with Gasteiger partial charge >= 0.3 is 0 Å². The summed E-state index contributed by atoms with van der Waals surface area (Å²) in [6.45, 7) is 0. The second-order valence-corrected chi connectivity index (χ2v) is 8.00. The lowest BCUT2D eigenvalue weighted by molar-refractivity contribution is 0.0933. The highest BCUT2D eigenvalue weighted by molar-refractivity contribution is 6.30. The van der Waals surface area contributed by atoms with Crippen molar-refractivity contribution < 1.29 is 13.7 Å². The van der Waals surface area contributed by atoms with Crippen molar-refractivity contribution >= 4 is 23.4 Å². The lowest BCUT2D eigenvalue weighted by Gasteiger charge is -2.26. The van der Waals surface area contributed by atoms with E-state index in [0.29, 0.717) is 16.5 Å². The second kappa shape index (κ2) is 7.96. The molecule has 0 saturated carbocycles. The normalized spacial score (nSPS) is 15.5. The van der Waals surface area contributed by atoms with E-state index in [9.17, 15) is 4.79 Å². The maximum atomic E-state index is 13.2. The Morgan fingerprint density at radius 3 is 2.81 bits per heavy atom. The maximum Gasteiger partial charge on any atom is 0.259 e. The van der Waals surface area contributed by atoms with Crippen molar-refractivity contribution in [1.29, 1.82) is 0 Å². The number of nitrogens with zero attached hydrogens (tertiary/aromatic N) is 1. The first-order chi connectivity index (χ1) is 15.1. The van der Waals surface area contributed by atoms with Crippen LogP contribution in [0.5, 0.6) is 0 Å². The predicted molar refractivity (Wildman–Crippen MR) is 119 cm³/mol. The van der Waals surface area contributed by atoms with E-state index in [1.165, 1.54) is 5.56 Å². The molecule has 0 saturated heterocycles. The van der Waals surface area contributed by atoms with Crippen molar-refractivity contribution in [3.05, 3.63) is 82.4 Å². The molecule has 0 radical (unpaired) electrons. The van der Waals surface area contributed by atoms with Crippen LogP contribution in [0.4, 0.5) is 5.88 Å². The number of benzene rings is 2. The Bertz CT molecular complexity index is 1260. The maximum absolute atomic E-state index is 13.2. The van der Waals surface area contributed by atoms with Crippen molar-refractivity contribution in [1.82, 2.24) is 10.5 Å². The molecule has 31 heavy (non-hydrogen) atoms. The lowest BCUT2D eigenvalue weighted by Crippen LogP contribution is -2.31. The smallest absolute Gasteiger partial charge is 0.259 e. The summed E-state index contributed by atoms with van der Waals surface area (Å²) in [5.41, 5.74) is 9.63. The van der Waals surface area contributed by atoms with Crippen LogP contribution in [-0.4, -0.2) is 11.1 Å². The molecule has 7 heteroatoms. The number of fused-ring (bicyclic) bond motifs is 1. The first-order valence-corrected chi connectivity index (χ1v) is 10.5. The summed E-state index contributed by atoms with van der Waals surface area (Å²) >= 11 is 6.08. The highest BCUT2D eigenvalue weighted by atomic mass is 35.5. The Kier molecular flexibility index (Phi) is 5.00. The molecule has 1 aliphatic rings. The van der Waals surface area contributed by atoms with E-state index < -0.39 is 0 Å². The number of nitrogen functional groups attached to an aromatic ring is 1. The molecule has 4 aromatic rings. The average molecular weight is 434 g/mol. The van der Waals surface area contributed by atoms with Crippen molar-refractivity contribution in [2.75, 3.05) is 5.73 Å². The van der Waals surface area contributed by atoms with Crippen LogP contribution in [0.25, 0.3) is 22.8 Å².